The van der Waals surface area contributed by atoms with Crippen LogP contribution in [0.15, 0.2) is 12.4 Å². The van der Waals surface area contributed by atoms with E-state index in [2.05, 4.69) is 25.5 Å². The first kappa shape index (κ1) is 15.7. The predicted octanol–water partition coefficient (Wildman–Crippen LogP) is 0.889. The number of aliphatic hydroxyl groups is 1. The second kappa shape index (κ2) is 6.49. The van der Waals surface area contributed by atoms with E-state index in [1.165, 1.54) is 0 Å². The molecule has 2 N–H and O–H groups in total. The van der Waals surface area contributed by atoms with Gasteiger partial charge < -0.3 is 19.7 Å². The number of nitrogens with one attached hydrogen (secondary N) is 1. The van der Waals surface area contributed by atoms with Gasteiger partial charge in [0, 0.05) is 37.2 Å². The van der Waals surface area contributed by atoms with Crippen LogP contribution in [0.25, 0.3) is 0 Å². The largest absolute Gasteiger partial charge is 0.481 e. The fourth-order valence-electron chi connectivity index (χ4n) is 3.14. The number of hydrogen-bond acceptors (Lipinski definition) is 7. The molecule has 1 aliphatic rings. The van der Waals surface area contributed by atoms with Crippen molar-refractivity contribution in [3.8, 4) is 5.88 Å². The Hall–Kier alpha value is -2.22. The molecule has 0 aromatic carbocycles. The van der Waals surface area contributed by atoms with E-state index in [4.69, 9.17) is 4.74 Å². The number of anilines is 1. The molecule has 1 aliphatic carbocycles. The Bertz CT molecular complexity index is 674. The van der Waals surface area contributed by atoms with E-state index in [9.17, 15) is 5.11 Å². The Labute approximate surface area is 134 Å². The van der Waals surface area contributed by atoms with E-state index in [-0.39, 0.29) is 17.9 Å². The van der Waals surface area contributed by atoms with Crippen molar-refractivity contribution in [2.75, 3.05) is 19.0 Å². The Morgan fingerprint density at radius 1 is 1.39 bits per heavy atom. The van der Waals surface area contributed by atoms with Gasteiger partial charge in [0.2, 0.25) is 11.8 Å². The lowest BCUT2D eigenvalue weighted by Crippen LogP contribution is -2.22. The molecule has 2 aromatic rings. The average Bonchev–Trinajstić information content (AvgIpc) is 3.10. The van der Waals surface area contributed by atoms with Crippen LogP contribution < -0.4 is 10.1 Å². The second-order valence-electron chi connectivity index (χ2n) is 6.05. The summed E-state index contributed by atoms with van der Waals surface area (Å²) in [6.07, 6.45) is 2.90. The maximum absolute atomic E-state index is 10.3. The molecule has 0 amide bonds. The average molecular weight is 318 g/mol. The summed E-state index contributed by atoms with van der Waals surface area (Å²) < 4.78 is 7.07. The van der Waals surface area contributed by atoms with Crippen molar-refractivity contribution in [3.05, 3.63) is 23.9 Å². The molecule has 1 saturated carbocycles. The maximum atomic E-state index is 10.3. The van der Waals surface area contributed by atoms with Crippen molar-refractivity contribution in [2.45, 2.75) is 31.8 Å². The fourth-order valence-corrected chi connectivity index (χ4v) is 3.14. The number of aliphatic hydroxyl groups excluding tert-OH is 1. The molecule has 1 fully saturated rings. The van der Waals surface area contributed by atoms with Gasteiger partial charge in [-0.1, -0.05) is 0 Å². The van der Waals surface area contributed by atoms with Crippen molar-refractivity contribution in [3.63, 3.8) is 0 Å². The number of rotatable bonds is 5. The van der Waals surface area contributed by atoms with Crippen LogP contribution in [0.2, 0.25) is 0 Å². The molecule has 23 heavy (non-hydrogen) atoms. The summed E-state index contributed by atoms with van der Waals surface area (Å²) in [5.74, 6) is 2.35. The molecule has 0 unspecified atom stereocenters. The van der Waals surface area contributed by atoms with Crippen LogP contribution in [0.5, 0.6) is 5.88 Å². The lowest BCUT2D eigenvalue weighted by molar-refractivity contribution is 0.137. The zero-order valence-electron chi connectivity index (χ0n) is 13.6. The molecule has 2 heterocycles. The smallest absolute Gasteiger partial charge is 0.226 e. The highest BCUT2D eigenvalue weighted by Gasteiger charge is 2.35. The summed E-state index contributed by atoms with van der Waals surface area (Å²) in [7, 11) is 3.51. The van der Waals surface area contributed by atoms with Crippen molar-refractivity contribution < 1.29 is 9.84 Å². The summed E-state index contributed by atoms with van der Waals surface area (Å²) in [4.78, 5) is 8.61. The second-order valence-corrected chi connectivity index (χ2v) is 6.05. The Balaban J connectivity index is 1.63. The van der Waals surface area contributed by atoms with Crippen LogP contribution in [-0.4, -0.2) is 49.6 Å². The molecule has 2 aromatic heterocycles. The minimum Gasteiger partial charge on any atom is -0.481 e. The Morgan fingerprint density at radius 2 is 2.22 bits per heavy atom. The van der Waals surface area contributed by atoms with Crippen LogP contribution >= 0.6 is 0 Å². The van der Waals surface area contributed by atoms with Gasteiger partial charge in [-0.2, -0.15) is 4.98 Å². The number of aryl methyl sites for hydroxylation is 2. The Morgan fingerprint density at radius 3 is 2.91 bits per heavy atom. The molecule has 0 radical (unpaired) electrons. The van der Waals surface area contributed by atoms with Gasteiger partial charge in [0.25, 0.3) is 0 Å². The van der Waals surface area contributed by atoms with Crippen molar-refractivity contribution in [1.82, 2.24) is 24.7 Å². The molecule has 0 saturated heterocycles. The van der Waals surface area contributed by atoms with Crippen molar-refractivity contribution in [2.24, 2.45) is 13.0 Å². The summed E-state index contributed by atoms with van der Waals surface area (Å²) >= 11 is 0. The van der Waals surface area contributed by atoms with Crippen LogP contribution in [0.3, 0.4) is 0 Å². The standard InChI is InChI=1S/C15H22N6O2/c1-9-4-13(23-3)19-15(18-9)16-7-11-5-10(6-12(11)22)14-20-17-8-21(14)2/h4,8,10-12,22H,5-7H2,1-3H3,(H,16,18,19)/t10-,11+,12+/m0/s1. The molecular weight excluding hydrogens is 296 g/mol. The van der Waals surface area contributed by atoms with E-state index in [0.717, 1.165) is 17.9 Å². The predicted molar refractivity (Wildman–Crippen MR) is 84.3 cm³/mol. The molecule has 8 nitrogen and oxygen atoms in total. The van der Waals surface area contributed by atoms with E-state index in [1.807, 2.05) is 18.5 Å². The van der Waals surface area contributed by atoms with Gasteiger partial charge >= 0.3 is 0 Å². The number of ether oxygens (including phenoxy) is 1. The first-order valence-corrected chi connectivity index (χ1v) is 7.72. The summed E-state index contributed by atoms with van der Waals surface area (Å²) in [5.41, 5.74) is 0.836. The van der Waals surface area contributed by atoms with E-state index >= 15 is 0 Å². The van der Waals surface area contributed by atoms with Gasteiger partial charge in [0.15, 0.2) is 0 Å². The summed E-state index contributed by atoms with van der Waals surface area (Å²) in [6, 6.07) is 1.78. The van der Waals surface area contributed by atoms with Gasteiger partial charge in [-0.15, -0.1) is 10.2 Å². The lowest BCUT2D eigenvalue weighted by Gasteiger charge is -2.15. The molecule has 0 bridgehead atoms. The van der Waals surface area contributed by atoms with E-state index in [1.54, 1.807) is 19.5 Å². The van der Waals surface area contributed by atoms with Gasteiger partial charge in [-0.05, 0) is 19.8 Å². The highest BCUT2D eigenvalue weighted by Crippen LogP contribution is 2.37. The minimum atomic E-state index is -0.365. The molecular formula is C15H22N6O2. The number of hydrogen-bond donors (Lipinski definition) is 2. The van der Waals surface area contributed by atoms with Crippen LogP contribution in [0.4, 0.5) is 5.95 Å². The topological polar surface area (TPSA) is 98.0 Å². The first-order valence-electron chi connectivity index (χ1n) is 7.72. The van der Waals surface area contributed by atoms with Crippen LogP contribution in [0.1, 0.15) is 30.3 Å². The van der Waals surface area contributed by atoms with Gasteiger partial charge in [0.1, 0.15) is 12.2 Å². The lowest BCUT2D eigenvalue weighted by atomic mass is 10.0. The molecule has 3 atom stereocenters. The zero-order valence-corrected chi connectivity index (χ0v) is 13.6. The van der Waals surface area contributed by atoms with Crippen LogP contribution in [0, 0.1) is 12.8 Å². The zero-order chi connectivity index (χ0) is 16.4. The fraction of sp³-hybridized carbons (Fsp3) is 0.600. The van der Waals surface area contributed by atoms with E-state index < -0.39 is 0 Å². The Kier molecular flexibility index (Phi) is 4.42. The SMILES string of the molecule is COc1cc(C)nc(NC[C@H]2C[C@H](c3nncn3C)C[C@H]2O)n1. The highest BCUT2D eigenvalue weighted by atomic mass is 16.5. The maximum Gasteiger partial charge on any atom is 0.226 e. The molecule has 3 rings (SSSR count). The third-order valence-electron chi connectivity index (χ3n) is 4.33. The van der Waals surface area contributed by atoms with Gasteiger partial charge in [0.05, 0.1) is 13.2 Å². The number of methoxy groups -OCH3 is 1. The normalized spacial score (nSPS) is 23.9. The van der Waals surface area contributed by atoms with Crippen molar-refractivity contribution >= 4 is 5.95 Å². The summed E-state index contributed by atoms with van der Waals surface area (Å²) in [6.45, 7) is 2.51. The molecule has 0 spiro atoms. The molecule has 124 valence electrons. The van der Waals surface area contributed by atoms with Gasteiger partial charge in [-0.25, -0.2) is 4.98 Å². The van der Waals surface area contributed by atoms with Gasteiger partial charge in [-0.3, -0.25) is 0 Å². The van der Waals surface area contributed by atoms with Crippen LogP contribution in [-0.2, 0) is 7.05 Å². The molecule has 8 heteroatoms. The number of aromatic nitrogens is 5. The molecule has 0 aliphatic heterocycles. The highest BCUT2D eigenvalue weighted by molar-refractivity contribution is 5.30. The third-order valence-corrected chi connectivity index (χ3v) is 4.33. The minimum absolute atomic E-state index is 0.131. The monoisotopic (exact) mass is 318 g/mol. The first-order chi connectivity index (χ1) is 11.1. The summed E-state index contributed by atoms with van der Waals surface area (Å²) in [5, 5.41) is 21.6. The van der Waals surface area contributed by atoms with E-state index in [0.29, 0.717) is 24.8 Å². The van der Waals surface area contributed by atoms with Crippen molar-refractivity contribution in [1.29, 1.82) is 0 Å². The number of nitrogens with zero attached hydrogens (tertiary/aromatic N) is 5. The third kappa shape index (κ3) is 3.42. The quantitative estimate of drug-likeness (QED) is 0.844.